The zero-order valence-corrected chi connectivity index (χ0v) is 16.1. The third kappa shape index (κ3) is 5.41. The first-order chi connectivity index (χ1) is 12.0. The minimum absolute atomic E-state index is 0.102. The lowest BCUT2D eigenvalue weighted by atomic mass is 9.95. The Morgan fingerprint density at radius 3 is 2.35 bits per heavy atom. The van der Waals surface area contributed by atoms with Gasteiger partial charge in [0, 0.05) is 18.5 Å². The third-order valence-electron chi connectivity index (χ3n) is 4.00. The summed E-state index contributed by atoms with van der Waals surface area (Å²) in [6.07, 6.45) is 0.944. The van der Waals surface area contributed by atoms with E-state index in [1.54, 1.807) is 20.8 Å². The summed E-state index contributed by atoms with van der Waals surface area (Å²) in [7, 11) is 0. The van der Waals surface area contributed by atoms with E-state index in [0.717, 1.165) is 6.07 Å². The van der Waals surface area contributed by atoms with Crippen LogP contribution in [0.4, 0.5) is 13.6 Å². The molecule has 26 heavy (non-hydrogen) atoms. The van der Waals surface area contributed by atoms with Crippen LogP contribution >= 0.6 is 0 Å². The molecular weight excluding hydrogens is 364 g/mol. The van der Waals surface area contributed by atoms with Crippen molar-refractivity contribution >= 4 is 23.1 Å². The maximum absolute atomic E-state index is 13.5. The van der Waals surface area contributed by atoms with Crippen molar-refractivity contribution in [3.63, 3.8) is 0 Å². The Morgan fingerprint density at radius 2 is 1.85 bits per heavy atom. The van der Waals surface area contributed by atoms with Crippen molar-refractivity contribution in [1.29, 1.82) is 0 Å². The molecule has 0 saturated carbocycles. The fourth-order valence-corrected chi connectivity index (χ4v) is 3.61. The summed E-state index contributed by atoms with van der Waals surface area (Å²) in [5.74, 6) is -2.38. The Morgan fingerprint density at radius 1 is 1.27 bits per heavy atom. The molecule has 0 spiro atoms. The molecule has 1 fully saturated rings. The van der Waals surface area contributed by atoms with Gasteiger partial charge in [0.25, 0.3) is 0 Å². The highest BCUT2D eigenvalue weighted by atomic mass is 32.2. The predicted octanol–water partition coefficient (Wildman–Crippen LogP) is 3.01. The van der Waals surface area contributed by atoms with Crippen molar-refractivity contribution in [2.75, 3.05) is 18.6 Å². The molecule has 5 nitrogen and oxygen atoms in total. The number of ketones is 1. The van der Waals surface area contributed by atoms with Crippen molar-refractivity contribution in [2.45, 2.75) is 44.8 Å². The van der Waals surface area contributed by atoms with Crippen LogP contribution < -0.4 is 0 Å². The predicted molar refractivity (Wildman–Crippen MR) is 94.4 cm³/mol. The number of amides is 1. The zero-order valence-electron chi connectivity index (χ0n) is 15.3. The number of hydrogen-bond acceptors (Lipinski definition) is 4. The molecule has 144 valence electrons. The molecule has 3 atom stereocenters. The quantitative estimate of drug-likeness (QED) is 0.745. The summed E-state index contributed by atoms with van der Waals surface area (Å²) in [5, 5.41) is 0. The second kappa shape index (κ2) is 7.92. The minimum atomic E-state index is -1.35. The number of nitrogens with zero attached hydrogens (tertiary/aromatic N) is 1. The summed E-state index contributed by atoms with van der Waals surface area (Å²) >= 11 is -1.35. The SMILES string of the molecule is C[S+]([O-])CC(=O)C1CC(c2cc(F)cc(F)c2)CN1C(=O)OC(C)(C)C. The highest BCUT2D eigenvalue weighted by Crippen LogP contribution is 2.34. The molecule has 1 aliphatic heterocycles. The van der Waals surface area contributed by atoms with Gasteiger partial charge in [0.15, 0.2) is 5.75 Å². The molecule has 1 saturated heterocycles. The molecule has 0 bridgehead atoms. The summed E-state index contributed by atoms with van der Waals surface area (Å²) in [6, 6.07) is 2.34. The summed E-state index contributed by atoms with van der Waals surface area (Å²) in [6.45, 7) is 5.22. The first kappa shape index (κ1) is 20.6. The second-order valence-corrected chi connectivity index (χ2v) is 8.90. The molecule has 0 N–H and O–H groups in total. The average molecular weight is 387 g/mol. The molecule has 0 radical (unpaired) electrons. The van der Waals surface area contributed by atoms with Crippen molar-refractivity contribution in [1.82, 2.24) is 4.90 Å². The fraction of sp³-hybridized carbons (Fsp3) is 0.556. The maximum atomic E-state index is 13.5. The monoisotopic (exact) mass is 387 g/mol. The van der Waals surface area contributed by atoms with E-state index in [1.807, 2.05) is 0 Å². The number of hydrogen-bond donors (Lipinski definition) is 0. The third-order valence-corrected chi connectivity index (χ3v) is 4.69. The number of benzene rings is 1. The van der Waals surface area contributed by atoms with Crippen LogP contribution in [0.15, 0.2) is 18.2 Å². The molecule has 1 aromatic carbocycles. The minimum Gasteiger partial charge on any atom is -0.616 e. The average Bonchev–Trinajstić information content (AvgIpc) is 2.89. The van der Waals surface area contributed by atoms with Gasteiger partial charge in [-0.1, -0.05) is 0 Å². The molecule has 1 aromatic rings. The number of halogens is 2. The Hall–Kier alpha value is -1.67. The van der Waals surface area contributed by atoms with Gasteiger partial charge in [-0.3, -0.25) is 9.69 Å². The Balaban J connectivity index is 2.27. The topological polar surface area (TPSA) is 69.7 Å². The number of Topliss-reactive ketones (excluding diaryl/α,β-unsaturated/α-hetero) is 1. The van der Waals surface area contributed by atoms with Crippen molar-refractivity contribution in [2.24, 2.45) is 0 Å². The molecular formula is C18H23F2NO4S. The normalized spacial score (nSPS) is 21.6. The van der Waals surface area contributed by atoms with Crippen LogP contribution in [0.5, 0.6) is 0 Å². The standard InChI is InChI=1S/C18H23F2NO4S/c1-18(2,3)25-17(23)21-9-12(7-15(21)16(22)10-26(4)24)11-5-13(19)8-14(20)6-11/h5-6,8,12,15H,7,9-10H2,1-4H3. The van der Waals surface area contributed by atoms with Crippen LogP contribution in [-0.4, -0.2) is 51.5 Å². The number of carbonyl (C=O) groups excluding carboxylic acids is 2. The molecule has 1 amide bonds. The number of likely N-dealkylation sites (tertiary alicyclic amines) is 1. The summed E-state index contributed by atoms with van der Waals surface area (Å²) in [5.41, 5.74) is -0.370. The highest BCUT2D eigenvalue weighted by Gasteiger charge is 2.42. The lowest BCUT2D eigenvalue weighted by Gasteiger charge is -2.27. The van der Waals surface area contributed by atoms with Gasteiger partial charge in [-0.2, -0.15) is 0 Å². The van der Waals surface area contributed by atoms with E-state index in [2.05, 4.69) is 0 Å². The fourth-order valence-electron chi connectivity index (χ4n) is 3.01. The van der Waals surface area contributed by atoms with Crippen LogP contribution in [0.25, 0.3) is 0 Å². The number of ether oxygens (including phenoxy) is 1. The van der Waals surface area contributed by atoms with E-state index >= 15 is 0 Å². The van der Waals surface area contributed by atoms with E-state index in [9.17, 15) is 22.9 Å². The van der Waals surface area contributed by atoms with E-state index in [0.29, 0.717) is 5.56 Å². The Kier molecular flexibility index (Phi) is 6.29. The maximum Gasteiger partial charge on any atom is 0.410 e. The molecule has 3 unspecified atom stereocenters. The van der Waals surface area contributed by atoms with Gasteiger partial charge in [0.05, 0.1) is 12.3 Å². The van der Waals surface area contributed by atoms with Crippen LogP contribution in [0, 0.1) is 11.6 Å². The number of rotatable bonds is 4. The largest absolute Gasteiger partial charge is 0.616 e. The zero-order chi connectivity index (χ0) is 19.6. The van der Waals surface area contributed by atoms with Crippen LogP contribution in [0.1, 0.15) is 38.7 Å². The van der Waals surface area contributed by atoms with Gasteiger partial charge in [0.1, 0.15) is 17.2 Å². The highest BCUT2D eigenvalue weighted by molar-refractivity contribution is 7.91. The van der Waals surface area contributed by atoms with Gasteiger partial charge in [-0.25, -0.2) is 13.6 Å². The van der Waals surface area contributed by atoms with E-state index in [1.165, 1.54) is 23.3 Å². The Bertz CT molecular complexity index is 670. The molecule has 1 heterocycles. The number of carbonyl (C=O) groups is 2. The van der Waals surface area contributed by atoms with Crippen molar-refractivity contribution in [3.05, 3.63) is 35.4 Å². The van der Waals surface area contributed by atoms with Gasteiger partial charge in [-0.05, 0) is 56.1 Å². The van der Waals surface area contributed by atoms with Crippen molar-refractivity contribution in [3.8, 4) is 0 Å². The first-order valence-corrected chi connectivity index (χ1v) is 9.97. The molecule has 1 aliphatic rings. The molecule has 0 aromatic heterocycles. The first-order valence-electron chi connectivity index (χ1n) is 8.24. The van der Waals surface area contributed by atoms with E-state index in [4.69, 9.17) is 4.74 Å². The molecule has 2 rings (SSSR count). The van der Waals surface area contributed by atoms with E-state index in [-0.39, 0.29) is 24.5 Å². The Labute approximate surface area is 154 Å². The smallest absolute Gasteiger partial charge is 0.410 e. The lowest BCUT2D eigenvalue weighted by molar-refractivity contribution is -0.120. The molecule has 0 aliphatic carbocycles. The lowest BCUT2D eigenvalue weighted by Crippen LogP contribution is -2.45. The van der Waals surface area contributed by atoms with Crippen LogP contribution in [-0.2, 0) is 20.7 Å². The summed E-state index contributed by atoms with van der Waals surface area (Å²) < 4.78 is 43.8. The molecule has 8 heteroatoms. The van der Waals surface area contributed by atoms with Gasteiger partial charge in [0.2, 0.25) is 5.78 Å². The van der Waals surface area contributed by atoms with Gasteiger partial charge >= 0.3 is 6.09 Å². The van der Waals surface area contributed by atoms with Crippen molar-refractivity contribution < 1.29 is 27.7 Å². The van der Waals surface area contributed by atoms with Crippen LogP contribution in [0.3, 0.4) is 0 Å². The van der Waals surface area contributed by atoms with Crippen LogP contribution in [0.2, 0.25) is 0 Å². The second-order valence-electron chi connectivity index (χ2n) is 7.47. The van der Waals surface area contributed by atoms with Gasteiger partial charge in [-0.15, -0.1) is 0 Å². The van der Waals surface area contributed by atoms with Gasteiger partial charge < -0.3 is 9.29 Å². The summed E-state index contributed by atoms with van der Waals surface area (Å²) in [4.78, 5) is 26.2. The van der Waals surface area contributed by atoms with E-state index < -0.39 is 46.5 Å².